The molecule has 3 nitrogen and oxygen atoms in total. The normalized spacial score (nSPS) is 19.1. The molecule has 3 heteroatoms. The lowest BCUT2D eigenvalue weighted by Crippen LogP contribution is -2.37. The molecule has 0 saturated carbocycles. The van der Waals surface area contributed by atoms with E-state index in [1.807, 2.05) is 18.2 Å². The van der Waals surface area contributed by atoms with Crippen molar-refractivity contribution in [3.8, 4) is 0 Å². The largest absolute Gasteiger partial charge is 0.711 e. The lowest BCUT2D eigenvalue weighted by molar-refractivity contribution is -0.592. The molecule has 1 atom stereocenters. The minimum Gasteiger partial charge on any atom is -0.711 e. The van der Waals surface area contributed by atoms with E-state index in [-0.39, 0.29) is 0 Å². The van der Waals surface area contributed by atoms with Gasteiger partial charge in [-0.1, -0.05) is 36.4 Å². The van der Waals surface area contributed by atoms with Crippen molar-refractivity contribution in [3.63, 3.8) is 0 Å². The van der Waals surface area contributed by atoms with Crippen LogP contribution < -0.4 is 9.63 Å². The maximum absolute atomic E-state index is 11.9. The Balaban J connectivity index is 1.95. The smallest absolute Gasteiger partial charge is 0.280 e. The number of pyridine rings is 1. The first kappa shape index (κ1) is 11.1. The van der Waals surface area contributed by atoms with Gasteiger partial charge in [-0.2, -0.15) is 0 Å². The summed E-state index contributed by atoms with van der Waals surface area (Å²) in [5, 5.41) is 11.9. The number of hydrogen-bond donors (Lipinski definition) is 0. The minimum atomic E-state index is 0.328. The summed E-state index contributed by atoms with van der Waals surface area (Å²) in [5.74, 6) is 0.754. The summed E-state index contributed by atoms with van der Waals surface area (Å²) in [6, 6.07) is 16.3. The van der Waals surface area contributed by atoms with Crippen molar-refractivity contribution >= 4 is 5.82 Å². The lowest BCUT2D eigenvalue weighted by atomic mass is 10.0. The molecule has 18 heavy (non-hydrogen) atoms. The molecule has 3 rings (SSSR count). The Morgan fingerprint density at radius 2 is 1.83 bits per heavy atom. The minimum absolute atomic E-state index is 0.328. The number of rotatable bonds is 2. The van der Waals surface area contributed by atoms with E-state index in [0.29, 0.717) is 6.04 Å². The van der Waals surface area contributed by atoms with Gasteiger partial charge in [0.05, 0.1) is 12.7 Å². The third kappa shape index (κ3) is 1.92. The number of hydrogen-bond acceptors (Lipinski definition) is 2. The standard InChI is InChI=1S/C15H16N2O/c18-17-12-5-4-10-15(17)16-11-6-9-14(16)13-7-2-1-3-8-13/h1-5,7-8,10,12,14H,6,9,11H2/t14-/m0/s1. The summed E-state index contributed by atoms with van der Waals surface area (Å²) >= 11 is 0. The summed E-state index contributed by atoms with van der Waals surface area (Å²) in [7, 11) is 0. The van der Waals surface area contributed by atoms with Crippen LogP contribution in [0.1, 0.15) is 24.4 Å². The van der Waals surface area contributed by atoms with Crippen molar-refractivity contribution in [3.05, 3.63) is 65.5 Å². The van der Waals surface area contributed by atoms with Crippen LogP contribution in [0.4, 0.5) is 5.82 Å². The molecule has 0 amide bonds. The van der Waals surface area contributed by atoms with Crippen molar-refractivity contribution in [1.29, 1.82) is 0 Å². The molecule has 2 heterocycles. The van der Waals surface area contributed by atoms with Gasteiger partial charge in [0, 0.05) is 6.07 Å². The zero-order valence-corrected chi connectivity index (χ0v) is 10.2. The van der Waals surface area contributed by atoms with Gasteiger partial charge in [-0.05, 0) is 24.5 Å². The fourth-order valence-electron chi connectivity index (χ4n) is 2.70. The van der Waals surface area contributed by atoms with E-state index in [0.717, 1.165) is 29.9 Å². The van der Waals surface area contributed by atoms with Crippen LogP contribution in [-0.2, 0) is 0 Å². The summed E-state index contributed by atoms with van der Waals surface area (Å²) in [4.78, 5) is 2.21. The van der Waals surface area contributed by atoms with Gasteiger partial charge in [-0.15, -0.1) is 0 Å². The van der Waals surface area contributed by atoms with Crippen LogP contribution in [0, 0.1) is 5.21 Å². The van der Waals surface area contributed by atoms with Crippen LogP contribution in [0.25, 0.3) is 0 Å². The molecule has 0 bridgehead atoms. The van der Waals surface area contributed by atoms with Gasteiger partial charge in [0.2, 0.25) is 0 Å². The van der Waals surface area contributed by atoms with Crippen LogP contribution in [0.15, 0.2) is 54.7 Å². The highest BCUT2D eigenvalue weighted by molar-refractivity contribution is 5.40. The van der Waals surface area contributed by atoms with Gasteiger partial charge < -0.3 is 5.21 Å². The Hall–Kier alpha value is -2.03. The molecular weight excluding hydrogens is 224 g/mol. The fourth-order valence-corrected chi connectivity index (χ4v) is 2.70. The van der Waals surface area contributed by atoms with Crippen LogP contribution in [0.5, 0.6) is 0 Å². The van der Waals surface area contributed by atoms with E-state index >= 15 is 0 Å². The van der Waals surface area contributed by atoms with Gasteiger partial charge in [0.25, 0.3) is 5.82 Å². The van der Waals surface area contributed by atoms with Gasteiger partial charge in [-0.25, -0.2) is 4.73 Å². The predicted molar refractivity (Wildman–Crippen MR) is 71.2 cm³/mol. The van der Waals surface area contributed by atoms with Crippen molar-refractivity contribution < 1.29 is 4.73 Å². The van der Waals surface area contributed by atoms with Crippen LogP contribution in [0.2, 0.25) is 0 Å². The highest BCUT2D eigenvalue weighted by atomic mass is 16.5. The predicted octanol–water partition coefficient (Wildman–Crippen LogP) is 2.66. The molecule has 0 unspecified atom stereocenters. The Labute approximate surface area is 107 Å². The average molecular weight is 240 g/mol. The topological polar surface area (TPSA) is 30.2 Å². The summed E-state index contributed by atoms with van der Waals surface area (Å²) in [6.07, 6.45) is 3.81. The van der Waals surface area contributed by atoms with E-state index < -0.39 is 0 Å². The fraction of sp³-hybridized carbons (Fsp3) is 0.267. The van der Waals surface area contributed by atoms with Gasteiger partial charge in [0.1, 0.15) is 6.04 Å². The van der Waals surface area contributed by atoms with Crippen LogP contribution in [0.3, 0.4) is 0 Å². The van der Waals surface area contributed by atoms with E-state index in [2.05, 4.69) is 29.2 Å². The number of benzene rings is 1. The molecule has 2 aromatic rings. The van der Waals surface area contributed by atoms with Crippen LogP contribution in [-0.4, -0.2) is 6.54 Å². The monoisotopic (exact) mass is 240 g/mol. The molecule has 1 aliphatic heterocycles. The first-order chi connectivity index (χ1) is 8.86. The maximum atomic E-state index is 11.9. The van der Waals surface area contributed by atoms with Crippen molar-refractivity contribution in [2.75, 3.05) is 11.4 Å². The van der Waals surface area contributed by atoms with E-state index in [4.69, 9.17) is 0 Å². The molecule has 1 aliphatic rings. The average Bonchev–Trinajstić information content (AvgIpc) is 2.89. The summed E-state index contributed by atoms with van der Waals surface area (Å²) < 4.78 is 0.960. The van der Waals surface area contributed by atoms with Gasteiger partial charge in [0.15, 0.2) is 0 Å². The molecule has 0 spiro atoms. The third-order valence-electron chi connectivity index (χ3n) is 3.54. The quantitative estimate of drug-likeness (QED) is 0.596. The van der Waals surface area contributed by atoms with E-state index in [1.165, 1.54) is 5.56 Å². The molecular formula is C15H16N2O. The molecule has 1 fully saturated rings. The SMILES string of the molecule is [O-][n+]1ccccc1N1CCC[C@H]1c1ccccc1. The van der Waals surface area contributed by atoms with E-state index in [1.54, 1.807) is 12.3 Å². The first-order valence-corrected chi connectivity index (χ1v) is 6.36. The van der Waals surface area contributed by atoms with Gasteiger partial charge >= 0.3 is 0 Å². The lowest BCUT2D eigenvalue weighted by Gasteiger charge is -2.22. The number of anilines is 1. The second kappa shape index (κ2) is 4.69. The number of nitrogens with zero attached hydrogens (tertiary/aromatic N) is 2. The highest BCUT2D eigenvalue weighted by Gasteiger charge is 2.33. The second-order valence-electron chi connectivity index (χ2n) is 4.65. The van der Waals surface area contributed by atoms with Gasteiger partial charge in [-0.3, -0.25) is 4.90 Å². The van der Waals surface area contributed by atoms with Crippen LogP contribution >= 0.6 is 0 Å². The molecule has 1 aromatic carbocycles. The van der Waals surface area contributed by atoms with Crippen molar-refractivity contribution in [2.24, 2.45) is 0 Å². The summed E-state index contributed by atoms with van der Waals surface area (Å²) in [5.41, 5.74) is 1.29. The third-order valence-corrected chi connectivity index (χ3v) is 3.54. The number of aromatic nitrogens is 1. The molecule has 92 valence electrons. The molecule has 1 aromatic heterocycles. The molecule has 0 radical (unpaired) electrons. The Bertz CT molecular complexity index is 527. The molecule has 1 saturated heterocycles. The highest BCUT2D eigenvalue weighted by Crippen LogP contribution is 2.34. The first-order valence-electron chi connectivity index (χ1n) is 6.36. The second-order valence-corrected chi connectivity index (χ2v) is 4.65. The Morgan fingerprint density at radius 3 is 2.61 bits per heavy atom. The maximum Gasteiger partial charge on any atom is 0.280 e. The van der Waals surface area contributed by atoms with E-state index in [9.17, 15) is 5.21 Å². The van der Waals surface area contributed by atoms with Crippen molar-refractivity contribution in [1.82, 2.24) is 0 Å². The zero-order valence-electron chi connectivity index (χ0n) is 10.2. The Morgan fingerprint density at radius 1 is 1.06 bits per heavy atom. The summed E-state index contributed by atoms with van der Waals surface area (Å²) in [6.45, 7) is 0.950. The molecule has 0 N–H and O–H groups in total. The Kier molecular flexibility index (Phi) is 2.89. The zero-order chi connectivity index (χ0) is 12.4. The molecule has 0 aliphatic carbocycles. The van der Waals surface area contributed by atoms with Crippen molar-refractivity contribution in [2.45, 2.75) is 18.9 Å².